The summed E-state index contributed by atoms with van der Waals surface area (Å²) in [7, 11) is 0. The highest BCUT2D eigenvalue weighted by Gasteiger charge is 2.23. The Bertz CT molecular complexity index is 1400. The highest BCUT2D eigenvalue weighted by Crippen LogP contribution is 2.34. The van der Waals surface area contributed by atoms with Crippen LogP contribution < -0.4 is 4.89 Å². The third-order valence-electron chi connectivity index (χ3n) is 5.74. The molecule has 0 aliphatic carbocycles. The van der Waals surface area contributed by atoms with Gasteiger partial charge in [0.2, 0.25) is 11.5 Å². The second-order valence-corrected chi connectivity index (χ2v) is 8.20. The van der Waals surface area contributed by atoms with Crippen LogP contribution in [0.25, 0.3) is 21.9 Å². The summed E-state index contributed by atoms with van der Waals surface area (Å²) in [4.78, 5) is 35.2. The highest BCUT2D eigenvalue weighted by atomic mass is 17.2. The summed E-state index contributed by atoms with van der Waals surface area (Å²) in [6, 6.07) is 10.5. The van der Waals surface area contributed by atoms with E-state index in [2.05, 4.69) is 0 Å². The summed E-state index contributed by atoms with van der Waals surface area (Å²) in [5.41, 5.74) is 3.02. The van der Waals surface area contributed by atoms with E-state index in [1.54, 1.807) is 58.0 Å². The van der Waals surface area contributed by atoms with Gasteiger partial charge in [0.05, 0.1) is 24.7 Å². The highest BCUT2D eigenvalue weighted by molar-refractivity contribution is 5.98. The first-order valence-electron chi connectivity index (χ1n) is 11.7. The number of aliphatic hydroxyl groups is 1. The first kappa shape index (κ1) is 25.3. The fourth-order valence-corrected chi connectivity index (χ4v) is 4.16. The zero-order chi connectivity index (χ0) is 25.8. The number of esters is 2. The van der Waals surface area contributed by atoms with E-state index >= 15 is 0 Å². The average molecular weight is 497 g/mol. The molecule has 0 aliphatic heterocycles. The first-order valence-corrected chi connectivity index (χ1v) is 11.7. The molecule has 0 saturated heterocycles. The number of carbonyl (C=O) groups is 2. The van der Waals surface area contributed by atoms with E-state index < -0.39 is 18.0 Å². The van der Waals surface area contributed by atoms with Gasteiger partial charge in [0.15, 0.2) is 5.75 Å². The van der Waals surface area contributed by atoms with Crippen molar-refractivity contribution in [3.8, 4) is 5.75 Å². The topological polar surface area (TPSA) is 118 Å². The largest absolute Gasteiger partial charge is 0.460 e. The number of furan rings is 2. The molecule has 2 aromatic heterocycles. The molecule has 0 aliphatic rings. The second kappa shape index (κ2) is 10.8. The molecule has 2 aromatic carbocycles. The van der Waals surface area contributed by atoms with Gasteiger partial charge in [0.1, 0.15) is 17.8 Å². The second-order valence-electron chi connectivity index (χ2n) is 8.20. The number of benzene rings is 2. The maximum absolute atomic E-state index is 12.2. The van der Waals surface area contributed by atoms with Crippen molar-refractivity contribution in [2.75, 3.05) is 19.8 Å². The SMILES string of the molecule is CCOC(=O)c1oc2cccc(CC(O)COOc3cccc4oc(C(=O)OCC)c(C)c34)c2c1C. The van der Waals surface area contributed by atoms with E-state index in [9.17, 15) is 14.7 Å². The Kier molecular flexibility index (Phi) is 7.61. The number of aryl methyl sites for hydroxylation is 2. The lowest BCUT2D eigenvalue weighted by Gasteiger charge is -2.12. The molecule has 0 amide bonds. The van der Waals surface area contributed by atoms with Crippen LogP contribution in [-0.2, 0) is 20.8 Å². The quantitative estimate of drug-likeness (QED) is 0.182. The van der Waals surface area contributed by atoms with Gasteiger partial charge in [-0.25, -0.2) is 9.59 Å². The van der Waals surface area contributed by atoms with Crippen LogP contribution in [-0.4, -0.2) is 43.0 Å². The number of aliphatic hydroxyl groups excluding tert-OH is 1. The monoisotopic (exact) mass is 496 g/mol. The van der Waals surface area contributed by atoms with E-state index in [1.807, 2.05) is 6.07 Å². The zero-order valence-corrected chi connectivity index (χ0v) is 20.6. The number of fused-ring (bicyclic) bond motifs is 2. The summed E-state index contributed by atoms with van der Waals surface area (Å²) < 4.78 is 21.5. The van der Waals surface area contributed by atoms with Gasteiger partial charge in [-0.15, -0.1) is 0 Å². The Hall–Kier alpha value is -3.82. The first-order chi connectivity index (χ1) is 17.3. The summed E-state index contributed by atoms with van der Waals surface area (Å²) in [5.74, 6) is -0.469. The van der Waals surface area contributed by atoms with Gasteiger partial charge in [0, 0.05) is 22.9 Å². The maximum Gasteiger partial charge on any atom is 0.374 e. The predicted molar refractivity (Wildman–Crippen MR) is 130 cm³/mol. The van der Waals surface area contributed by atoms with Crippen LogP contribution in [0.3, 0.4) is 0 Å². The minimum Gasteiger partial charge on any atom is -0.460 e. The molecule has 0 spiro atoms. The number of hydrogen-bond acceptors (Lipinski definition) is 9. The summed E-state index contributed by atoms with van der Waals surface area (Å²) in [6.45, 7) is 7.31. The molecular formula is C27H28O9. The number of rotatable bonds is 10. The van der Waals surface area contributed by atoms with Crippen LogP contribution in [0.5, 0.6) is 5.75 Å². The van der Waals surface area contributed by atoms with E-state index in [1.165, 1.54) is 0 Å². The van der Waals surface area contributed by atoms with E-state index in [0.29, 0.717) is 33.4 Å². The van der Waals surface area contributed by atoms with E-state index in [-0.39, 0.29) is 37.8 Å². The smallest absolute Gasteiger partial charge is 0.374 e. The summed E-state index contributed by atoms with van der Waals surface area (Å²) in [5, 5.41) is 12.0. The van der Waals surface area contributed by atoms with E-state index in [4.69, 9.17) is 28.1 Å². The van der Waals surface area contributed by atoms with Crippen LogP contribution in [0.15, 0.2) is 45.2 Å². The van der Waals surface area contributed by atoms with Crippen molar-refractivity contribution in [3.63, 3.8) is 0 Å². The molecule has 4 rings (SSSR count). The molecule has 1 atom stereocenters. The van der Waals surface area contributed by atoms with Gasteiger partial charge < -0.3 is 28.3 Å². The lowest BCUT2D eigenvalue weighted by atomic mass is 10.0. The molecule has 4 aromatic rings. The molecule has 1 unspecified atom stereocenters. The Labute approximate surface area is 207 Å². The lowest BCUT2D eigenvalue weighted by Crippen LogP contribution is -2.19. The van der Waals surface area contributed by atoms with Gasteiger partial charge >= 0.3 is 11.9 Å². The summed E-state index contributed by atoms with van der Waals surface area (Å²) in [6.07, 6.45) is -0.665. The Morgan fingerprint density at radius 1 is 0.861 bits per heavy atom. The van der Waals surface area contributed by atoms with Gasteiger partial charge in [0.25, 0.3) is 0 Å². The Morgan fingerprint density at radius 2 is 1.42 bits per heavy atom. The molecule has 2 heterocycles. The van der Waals surface area contributed by atoms with Crippen molar-refractivity contribution in [2.24, 2.45) is 0 Å². The normalized spacial score (nSPS) is 12.1. The molecule has 9 nitrogen and oxygen atoms in total. The minimum atomic E-state index is -0.907. The third-order valence-corrected chi connectivity index (χ3v) is 5.74. The lowest BCUT2D eigenvalue weighted by molar-refractivity contribution is -0.222. The molecule has 0 radical (unpaired) electrons. The average Bonchev–Trinajstić information content (AvgIpc) is 3.37. The predicted octanol–water partition coefficient (Wildman–Crippen LogP) is 5.06. The van der Waals surface area contributed by atoms with Crippen LogP contribution in [0.1, 0.15) is 51.6 Å². The van der Waals surface area contributed by atoms with Gasteiger partial charge in [-0.2, -0.15) is 4.89 Å². The zero-order valence-electron chi connectivity index (χ0n) is 20.6. The van der Waals surface area contributed by atoms with Crippen LogP contribution >= 0.6 is 0 Å². The fraction of sp³-hybridized carbons (Fsp3) is 0.333. The van der Waals surface area contributed by atoms with Crippen LogP contribution in [0, 0.1) is 13.8 Å². The van der Waals surface area contributed by atoms with Crippen molar-refractivity contribution in [1.29, 1.82) is 0 Å². The van der Waals surface area contributed by atoms with Crippen molar-refractivity contribution >= 4 is 33.9 Å². The number of ether oxygens (including phenoxy) is 2. The van der Waals surface area contributed by atoms with Crippen molar-refractivity contribution in [3.05, 3.63) is 64.6 Å². The van der Waals surface area contributed by atoms with Gasteiger partial charge in [-0.3, -0.25) is 0 Å². The maximum atomic E-state index is 12.2. The van der Waals surface area contributed by atoms with Crippen molar-refractivity contribution in [2.45, 2.75) is 40.2 Å². The molecule has 190 valence electrons. The third kappa shape index (κ3) is 4.93. The molecular weight excluding hydrogens is 468 g/mol. The Morgan fingerprint density at radius 3 is 2.03 bits per heavy atom. The molecule has 1 N–H and O–H groups in total. The molecule has 0 fully saturated rings. The minimum absolute atomic E-state index is 0.105. The molecule has 36 heavy (non-hydrogen) atoms. The Balaban J connectivity index is 1.46. The van der Waals surface area contributed by atoms with Crippen LogP contribution in [0.2, 0.25) is 0 Å². The van der Waals surface area contributed by atoms with Crippen molar-refractivity contribution < 1.29 is 42.8 Å². The fourth-order valence-electron chi connectivity index (χ4n) is 4.16. The molecule has 9 heteroatoms. The molecule has 0 bridgehead atoms. The number of hydrogen-bond donors (Lipinski definition) is 1. The van der Waals surface area contributed by atoms with Gasteiger partial charge in [-0.05, 0) is 51.5 Å². The summed E-state index contributed by atoms with van der Waals surface area (Å²) >= 11 is 0. The van der Waals surface area contributed by atoms with E-state index in [0.717, 1.165) is 10.9 Å². The van der Waals surface area contributed by atoms with Gasteiger partial charge in [-0.1, -0.05) is 18.2 Å². The van der Waals surface area contributed by atoms with Crippen LogP contribution in [0.4, 0.5) is 0 Å². The molecule has 0 saturated carbocycles. The number of carbonyl (C=O) groups excluding carboxylic acids is 2. The van der Waals surface area contributed by atoms with Crippen molar-refractivity contribution in [1.82, 2.24) is 0 Å². The standard InChI is InChI=1S/C27H28O9/c1-5-31-26(29)24-15(3)22-17(9-7-10-19(22)34-24)13-18(28)14-33-36-21-12-8-11-20-23(21)16(4)25(35-20)27(30)32-6-2/h7-12,18,28H,5-6,13-14H2,1-4H3.